The number of likely N-dealkylation sites (N-methyl/N-ethyl adjacent to an activating group) is 2. The molecule has 0 spiro atoms. The van der Waals surface area contributed by atoms with E-state index < -0.39 is 24.0 Å². The maximum absolute atomic E-state index is 10.3. The first-order chi connectivity index (χ1) is 30.4. The number of hydrogen-bond acceptors (Lipinski definition) is 12. The van der Waals surface area contributed by atoms with E-state index in [-0.39, 0.29) is 59.7 Å². The molecule has 4 aliphatic rings. The number of aromatic hydroxyl groups is 4. The standard InChI is InChI=1S/2C17H17NO2.2C6H14N4O2.2ClH/c2*1-18-8-7-10-3-2-4-12-15(10)13(18)9-11-5-6-14(19)17(20)16(11)12;2*7-4(5(11)12)2-1-3-10-6(8)9;;/h2*2-6,13,19-20H,7-9H2,1H3;2*4H,1-3,7H2,(H,11,12)(H4,8,9,10);2*1H/t2*13-;2*4-;;/m1100../s1. The molecule has 8 rings (SSSR count). The van der Waals surface area contributed by atoms with Crippen molar-refractivity contribution in [2.75, 3.05) is 40.3 Å². The highest BCUT2D eigenvalue weighted by Gasteiger charge is 2.35. The van der Waals surface area contributed by atoms with E-state index in [0.717, 1.165) is 72.2 Å². The van der Waals surface area contributed by atoms with Gasteiger partial charge in [0, 0.05) is 49.4 Å². The minimum atomic E-state index is -1.00. The zero-order chi connectivity index (χ0) is 46.8. The lowest BCUT2D eigenvalue weighted by molar-refractivity contribution is -0.139. The lowest BCUT2D eigenvalue weighted by Gasteiger charge is -2.39. The third-order valence-electron chi connectivity index (χ3n) is 12.0. The summed E-state index contributed by atoms with van der Waals surface area (Å²) in [6, 6.07) is 18.8. The van der Waals surface area contributed by atoms with Crippen molar-refractivity contribution in [3.63, 3.8) is 0 Å². The number of aliphatic imine (C=N–C) groups is 2. The Labute approximate surface area is 396 Å². The quantitative estimate of drug-likeness (QED) is 0.0469. The number of phenols is 4. The second kappa shape index (κ2) is 24.5. The average Bonchev–Trinajstić information content (AvgIpc) is 3.26. The summed E-state index contributed by atoms with van der Waals surface area (Å²) in [7, 11) is 4.32. The highest BCUT2D eigenvalue weighted by Crippen LogP contribution is 2.51. The Morgan fingerprint density at radius 3 is 1.30 bits per heavy atom. The molecule has 0 radical (unpaired) electrons. The van der Waals surface area contributed by atoms with E-state index in [1.165, 1.54) is 22.3 Å². The number of benzene rings is 4. The summed E-state index contributed by atoms with van der Waals surface area (Å²) in [6.45, 7) is 2.98. The van der Waals surface area contributed by atoms with Crippen LogP contribution in [0.3, 0.4) is 0 Å². The molecule has 4 aromatic rings. The highest BCUT2D eigenvalue weighted by atomic mass is 35.5. The van der Waals surface area contributed by atoms with Crippen LogP contribution in [0, 0.1) is 0 Å². The highest BCUT2D eigenvalue weighted by molar-refractivity contribution is 5.86. The molecule has 2 aliphatic heterocycles. The Hall–Kier alpha value is -6.02. The number of aliphatic carboxylic acids is 2. The topological polar surface area (TPSA) is 343 Å². The molecule has 20 heteroatoms. The van der Waals surface area contributed by atoms with Gasteiger partial charge >= 0.3 is 11.9 Å². The fourth-order valence-corrected chi connectivity index (χ4v) is 8.63. The van der Waals surface area contributed by atoms with Gasteiger partial charge in [0.2, 0.25) is 0 Å². The van der Waals surface area contributed by atoms with Gasteiger partial charge in [-0.1, -0.05) is 48.5 Å². The SMILES string of the molecule is CN1CCc2cccc3c2[C@H]1Cc1ccc(O)c(O)c1-3.CN1CCc2cccc3c2[C@H]1Cc1ccc(O)c(O)c1-3.Cl.Cl.NC(N)=NCCC[C@H](N)C(=O)O.NC(N)=NCCC[C@H](N)C(=O)O. The van der Waals surface area contributed by atoms with Crippen LogP contribution in [0.25, 0.3) is 22.3 Å². The lowest BCUT2D eigenvalue weighted by Crippen LogP contribution is -2.35. The second-order valence-corrected chi connectivity index (χ2v) is 16.4. The molecule has 66 heavy (non-hydrogen) atoms. The number of carboxylic acid groups (broad SMARTS) is 2. The Morgan fingerprint density at radius 2 is 0.970 bits per heavy atom. The number of halogens is 2. The number of hydrogen-bond donors (Lipinski definition) is 12. The summed E-state index contributed by atoms with van der Waals surface area (Å²) in [6.07, 6.45) is 5.79. The zero-order valence-electron chi connectivity index (χ0n) is 37.1. The van der Waals surface area contributed by atoms with E-state index in [9.17, 15) is 30.0 Å². The molecule has 0 saturated carbocycles. The summed E-state index contributed by atoms with van der Waals surface area (Å²) in [4.78, 5) is 32.6. The van der Waals surface area contributed by atoms with Crippen molar-refractivity contribution in [2.45, 2.75) is 75.5 Å². The number of fused-ring (bicyclic) bond motifs is 4. The van der Waals surface area contributed by atoms with Gasteiger partial charge in [0.25, 0.3) is 0 Å². The molecular formula is C46H64Cl2N10O8. The normalized spacial score (nSPS) is 16.7. The van der Waals surface area contributed by atoms with Gasteiger partial charge in [-0.3, -0.25) is 29.4 Å². The van der Waals surface area contributed by atoms with Crippen LogP contribution in [0.5, 0.6) is 23.0 Å². The predicted octanol–water partition coefficient (Wildman–Crippen LogP) is 3.45. The molecular weight excluding hydrogens is 891 g/mol. The Morgan fingerprint density at radius 1 is 0.606 bits per heavy atom. The van der Waals surface area contributed by atoms with Crippen LogP contribution in [-0.4, -0.2) is 117 Å². The van der Waals surface area contributed by atoms with Crippen molar-refractivity contribution in [1.82, 2.24) is 9.80 Å². The van der Waals surface area contributed by atoms with E-state index in [0.29, 0.717) is 50.9 Å². The molecule has 0 bridgehead atoms. The van der Waals surface area contributed by atoms with Crippen molar-refractivity contribution in [3.05, 3.63) is 94.0 Å². The van der Waals surface area contributed by atoms with Crippen molar-refractivity contribution in [3.8, 4) is 45.3 Å². The number of nitrogens with two attached hydrogens (primary N) is 6. The first-order valence-electron chi connectivity index (χ1n) is 21.2. The first-order valence-corrected chi connectivity index (χ1v) is 21.2. The number of nitrogens with zero attached hydrogens (tertiary/aromatic N) is 4. The molecule has 0 saturated heterocycles. The van der Waals surface area contributed by atoms with Crippen molar-refractivity contribution in [1.29, 1.82) is 0 Å². The third kappa shape index (κ3) is 13.1. The largest absolute Gasteiger partial charge is 0.504 e. The van der Waals surface area contributed by atoms with Crippen LogP contribution in [0.15, 0.2) is 70.6 Å². The molecule has 0 aromatic heterocycles. The minimum Gasteiger partial charge on any atom is -0.504 e. The lowest BCUT2D eigenvalue weighted by atomic mass is 9.77. The van der Waals surface area contributed by atoms with Crippen LogP contribution in [0.1, 0.15) is 71.1 Å². The third-order valence-corrected chi connectivity index (χ3v) is 12.0. The maximum atomic E-state index is 10.3. The Balaban J connectivity index is 0.000000239. The van der Waals surface area contributed by atoms with Gasteiger partial charge in [-0.2, -0.15) is 0 Å². The van der Waals surface area contributed by atoms with Gasteiger partial charge in [-0.15, -0.1) is 24.8 Å². The van der Waals surface area contributed by atoms with E-state index in [1.54, 1.807) is 12.1 Å². The molecule has 360 valence electrons. The van der Waals surface area contributed by atoms with Gasteiger partial charge in [-0.25, -0.2) is 0 Å². The van der Waals surface area contributed by atoms with Gasteiger partial charge in [-0.05, 0) is 122 Å². The molecule has 0 unspecified atom stereocenters. The molecule has 4 aromatic carbocycles. The number of phenolic OH excluding ortho intramolecular Hbond substituents is 4. The summed E-state index contributed by atoms with van der Waals surface area (Å²) >= 11 is 0. The second-order valence-electron chi connectivity index (χ2n) is 16.4. The van der Waals surface area contributed by atoms with E-state index in [4.69, 9.17) is 44.6 Å². The van der Waals surface area contributed by atoms with Crippen molar-refractivity contribution < 1.29 is 40.2 Å². The number of carboxylic acids is 2. The smallest absolute Gasteiger partial charge is 0.320 e. The summed E-state index contributed by atoms with van der Waals surface area (Å²) in [5, 5.41) is 56.9. The zero-order valence-corrected chi connectivity index (χ0v) is 38.8. The van der Waals surface area contributed by atoms with E-state index in [2.05, 4.69) is 70.3 Å². The Kier molecular flexibility index (Phi) is 20.2. The molecule has 0 amide bonds. The van der Waals surface area contributed by atoms with Gasteiger partial charge in [0.1, 0.15) is 12.1 Å². The van der Waals surface area contributed by atoms with Crippen LogP contribution >= 0.6 is 24.8 Å². The number of carbonyl (C=O) groups is 2. The average molecular weight is 956 g/mol. The fraction of sp³-hybridized carbons (Fsp3) is 0.391. The molecule has 4 atom stereocenters. The number of guanidine groups is 2. The van der Waals surface area contributed by atoms with Crippen molar-refractivity contribution >= 4 is 48.7 Å². The molecule has 18 N–H and O–H groups in total. The van der Waals surface area contributed by atoms with Crippen LogP contribution in [0.2, 0.25) is 0 Å². The molecule has 2 aliphatic carbocycles. The van der Waals surface area contributed by atoms with Crippen LogP contribution in [-0.2, 0) is 35.3 Å². The van der Waals surface area contributed by atoms with Gasteiger partial charge in [0.05, 0.1) is 0 Å². The summed E-state index contributed by atoms with van der Waals surface area (Å²) < 4.78 is 0. The van der Waals surface area contributed by atoms with Crippen LogP contribution < -0.4 is 34.4 Å². The fourth-order valence-electron chi connectivity index (χ4n) is 8.63. The number of rotatable bonds is 10. The summed E-state index contributed by atoms with van der Waals surface area (Å²) in [5.41, 5.74) is 42.1. The summed E-state index contributed by atoms with van der Waals surface area (Å²) in [5.74, 6) is -2.02. The van der Waals surface area contributed by atoms with E-state index in [1.807, 2.05) is 12.1 Å². The van der Waals surface area contributed by atoms with Gasteiger partial charge < -0.3 is 65.0 Å². The van der Waals surface area contributed by atoms with Crippen LogP contribution in [0.4, 0.5) is 0 Å². The van der Waals surface area contributed by atoms with E-state index >= 15 is 0 Å². The van der Waals surface area contributed by atoms with Gasteiger partial charge in [0.15, 0.2) is 34.9 Å². The maximum Gasteiger partial charge on any atom is 0.320 e. The molecule has 0 fully saturated rings. The predicted molar refractivity (Wildman–Crippen MR) is 262 cm³/mol. The minimum absolute atomic E-state index is 0. The molecule has 2 heterocycles. The van der Waals surface area contributed by atoms with Crippen molar-refractivity contribution in [2.24, 2.45) is 44.4 Å². The molecule has 18 nitrogen and oxygen atoms in total. The monoisotopic (exact) mass is 954 g/mol. The Bertz CT molecular complexity index is 2220. The first kappa shape index (κ1) is 54.3.